The van der Waals surface area contributed by atoms with Crippen LogP contribution in [0.2, 0.25) is 0 Å². The number of rotatable bonds is 4. The van der Waals surface area contributed by atoms with Crippen LogP contribution in [0.1, 0.15) is 18.4 Å². The largest absolute Gasteiger partial charge is 0.381 e. The Kier molecular flexibility index (Phi) is 4.32. The number of ether oxygens (including phenoxy) is 2. The van der Waals surface area contributed by atoms with Gasteiger partial charge >= 0.3 is 0 Å². The van der Waals surface area contributed by atoms with E-state index < -0.39 is 0 Å². The summed E-state index contributed by atoms with van der Waals surface area (Å²) in [7, 11) is 1.70. The van der Waals surface area contributed by atoms with E-state index in [1.807, 2.05) is 0 Å². The summed E-state index contributed by atoms with van der Waals surface area (Å²) in [6.07, 6.45) is 2.31. The third kappa shape index (κ3) is 2.88. The van der Waals surface area contributed by atoms with Crippen LogP contribution >= 0.6 is 0 Å². The molecule has 2 rings (SSSR count). The predicted octanol–water partition coefficient (Wildman–Crippen LogP) is 1.89. The average Bonchev–Trinajstić information content (AvgIpc) is 2.42. The molecule has 1 saturated heterocycles. The van der Waals surface area contributed by atoms with Crippen LogP contribution in [0.5, 0.6) is 0 Å². The highest BCUT2D eigenvalue weighted by Crippen LogP contribution is 2.29. The number of hydrogen-bond donors (Lipinski definition) is 1. The standard InChI is InChI=1S/C14H20FNO2/c1-17-14(6-8-18-9-7-14)13(16)10-11-2-4-12(15)5-3-11/h2-5,13H,6-10,16H2,1H3. The summed E-state index contributed by atoms with van der Waals surface area (Å²) in [5, 5.41) is 0. The number of benzene rings is 1. The van der Waals surface area contributed by atoms with Gasteiger partial charge in [0, 0.05) is 39.2 Å². The first-order chi connectivity index (χ1) is 8.66. The summed E-state index contributed by atoms with van der Waals surface area (Å²) in [6, 6.07) is 6.38. The van der Waals surface area contributed by atoms with Crippen molar-refractivity contribution in [3.05, 3.63) is 35.6 Å². The molecule has 18 heavy (non-hydrogen) atoms. The Hall–Kier alpha value is -0.970. The van der Waals surface area contributed by atoms with Crippen molar-refractivity contribution in [2.75, 3.05) is 20.3 Å². The van der Waals surface area contributed by atoms with Gasteiger partial charge in [-0.05, 0) is 24.1 Å². The van der Waals surface area contributed by atoms with Gasteiger partial charge in [0.2, 0.25) is 0 Å². The predicted molar refractivity (Wildman–Crippen MR) is 67.9 cm³/mol. The van der Waals surface area contributed by atoms with Crippen LogP contribution < -0.4 is 5.73 Å². The fourth-order valence-electron chi connectivity index (χ4n) is 2.50. The molecule has 1 fully saturated rings. The molecule has 1 unspecified atom stereocenters. The van der Waals surface area contributed by atoms with Crippen LogP contribution in [0.15, 0.2) is 24.3 Å². The molecule has 1 heterocycles. The van der Waals surface area contributed by atoms with Gasteiger partial charge in [-0.2, -0.15) is 0 Å². The number of halogens is 1. The lowest BCUT2D eigenvalue weighted by Crippen LogP contribution is -2.53. The van der Waals surface area contributed by atoms with Gasteiger partial charge in [0.15, 0.2) is 0 Å². The Morgan fingerprint density at radius 2 is 1.94 bits per heavy atom. The first-order valence-corrected chi connectivity index (χ1v) is 6.29. The molecule has 0 aliphatic carbocycles. The topological polar surface area (TPSA) is 44.5 Å². The van der Waals surface area contributed by atoms with E-state index in [-0.39, 0.29) is 17.5 Å². The summed E-state index contributed by atoms with van der Waals surface area (Å²) in [5.74, 6) is -0.222. The van der Waals surface area contributed by atoms with Gasteiger partial charge in [0.05, 0.1) is 5.60 Å². The first kappa shape index (κ1) is 13.5. The highest BCUT2D eigenvalue weighted by molar-refractivity contribution is 5.18. The SMILES string of the molecule is COC1(C(N)Cc2ccc(F)cc2)CCOCC1. The third-order valence-electron chi connectivity index (χ3n) is 3.79. The molecule has 4 heteroatoms. The van der Waals surface area contributed by atoms with E-state index in [0.717, 1.165) is 18.4 Å². The van der Waals surface area contributed by atoms with Crippen molar-refractivity contribution in [1.29, 1.82) is 0 Å². The van der Waals surface area contributed by atoms with Crippen LogP contribution in [0.25, 0.3) is 0 Å². The zero-order valence-corrected chi connectivity index (χ0v) is 10.7. The van der Waals surface area contributed by atoms with Crippen molar-refractivity contribution in [3.8, 4) is 0 Å². The Balaban J connectivity index is 2.05. The maximum atomic E-state index is 12.8. The molecule has 1 aromatic rings. The van der Waals surface area contributed by atoms with Crippen molar-refractivity contribution in [2.24, 2.45) is 5.73 Å². The smallest absolute Gasteiger partial charge is 0.123 e. The van der Waals surface area contributed by atoms with Gasteiger partial charge in [-0.1, -0.05) is 12.1 Å². The molecule has 1 aromatic carbocycles. The van der Waals surface area contributed by atoms with Crippen molar-refractivity contribution in [3.63, 3.8) is 0 Å². The van der Waals surface area contributed by atoms with E-state index in [0.29, 0.717) is 19.6 Å². The molecule has 0 spiro atoms. The van der Waals surface area contributed by atoms with Crippen molar-refractivity contribution >= 4 is 0 Å². The second-order valence-corrected chi connectivity index (χ2v) is 4.82. The van der Waals surface area contributed by atoms with Crippen LogP contribution in [0, 0.1) is 5.82 Å². The Morgan fingerprint density at radius 1 is 1.33 bits per heavy atom. The summed E-state index contributed by atoms with van der Waals surface area (Å²) < 4.78 is 23.9. The van der Waals surface area contributed by atoms with Crippen LogP contribution in [0.4, 0.5) is 4.39 Å². The molecule has 1 aliphatic rings. The van der Waals surface area contributed by atoms with Crippen molar-refractivity contribution in [2.45, 2.75) is 30.9 Å². The summed E-state index contributed by atoms with van der Waals surface area (Å²) in [5.41, 5.74) is 7.01. The van der Waals surface area contributed by atoms with E-state index in [9.17, 15) is 4.39 Å². The van der Waals surface area contributed by atoms with E-state index in [2.05, 4.69) is 0 Å². The highest BCUT2D eigenvalue weighted by Gasteiger charge is 2.38. The van der Waals surface area contributed by atoms with Gasteiger partial charge in [0.1, 0.15) is 5.82 Å². The molecule has 0 amide bonds. The molecule has 0 saturated carbocycles. The van der Waals surface area contributed by atoms with E-state index in [1.165, 1.54) is 12.1 Å². The zero-order chi connectivity index (χ0) is 13.0. The Morgan fingerprint density at radius 3 is 2.50 bits per heavy atom. The van der Waals surface area contributed by atoms with Crippen LogP contribution in [-0.4, -0.2) is 32.0 Å². The second kappa shape index (κ2) is 5.78. The lowest BCUT2D eigenvalue weighted by atomic mass is 9.83. The minimum atomic E-state index is -0.313. The van der Waals surface area contributed by atoms with E-state index in [4.69, 9.17) is 15.2 Å². The lowest BCUT2D eigenvalue weighted by Gasteiger charge is -2.40. The van der Waals surface area contributed by atoms with Crippen LogP contribution in [0.3, 0.4) is 0 Å². The van der Waals surface area contributed by atoms with Crippen LogP contribution in [-0.2, 0) is 15.9 Å². The zero-order valence-electron chi connectivity index (χ0n) is 10.7. The maximum absolute atomic E-state index is 12.8. The van der Waals surface area contributed by atoms with Crippen molar-refractivity contribution in [1.82, 2.24) is 0 Å². The minimum Gasteiger partial charge on any atom is -0.381 e. The molecule has 3 nitrogen and oxygen atoms in total. The Bertz CT molecular complexity index is 374. The van der Waals surface area contributed by atoms with Gasteiger partial charge in [-0.25, -0.2) is 4.39 Å². The highest BCUT2D eigenvalue weighted by atomic mass is 19.1. The molecule has 100 valence electrons. The average molecular weight is 253 g/mol. The molecule has 2 N–H and O–H groups in total. The van der Waals surface area contributed by atoms with Gasteiger partial charge in [-0.15, -0.1) is 0 Å². The van der Waals surface area contributed by atoms with Crippen molar-refractivity contribution < 1.29 is 13.9 Å². The number of hydrogen-bond acceptors (Lipinski definition) is 3. The first-order valence-electron chi connectivity index (χ1n) is 6.29. The van der Waals surface area contributed by atoms with Gasteiger partial charge < -0.3 is 15.2 Å². The van der Waals surface area contributed by atoms with Gasteiger partial charge in [-0.3, -0.25) is 0 Å². The monoisotopic (exact) mass is 253 g/mol. The van der Waals surface area contributed by atoms with E-state index in [1.54, 1.807) is 19.2 Å². The third-order valence-corrected chi connectivity index (χ3v) is 3.79. The molecule has 1 aliphatic heterocycles. The molecule has 0 aromatic heterocycles. The Labute approximate surface area is 107 Å². The fraction of sp³-hybridized carbons (Fsp3) is 0.571. The molecule has 0 radical (unpaired) electrons. The molecule has 1 atom stereocenters. The lowest BCUT2D eigenvalue weighted by molar-refractivity contribution is -0.103. The summed E-state index contributed by atoms with van der Waals surface area (Å²) >= 11 is 0. The maximum Gasteiger partial charge on any atom is 0.123 e. The molecular weight excluding hydrogens is 233 g/mol. The molecular formula is C14H20FNO2. The quantitative estimate of drug-likeness (QED) is 0.891. The number of nitrogens with two attached hydrogens (primary N) is 1. The second-order valence-electron chi connectivity index (χ2n) is 4.82. The molecule has 0 bridgehead atoms. The number of methoxy groups -OCH3 is 1. The normalized spacial score (nSPS) is 20.6. The summed E-state index contributed by atoms with van der Waals surface area (Å²) in [4.78, 5) is 0. The van der Waals surface area contributed by atoms with Gasteiger partial charge in [0.25, 0.3) is 0 Å². The fourth-order valence-corrected chi connectivity index (χ4v) is 2.50. The van der Waals surface area contributed by atoms with E-state index >= 15 is 0 Å². The minimum absolute atomic E-state index is 0.100. The summed E-state index contributed by atoms with van der Waals surface area (Å²) in [6.45, 7) is 1.37.